The van der Waals surface area contributed by atoms with E-state index in [1.807, 2.05) is 6.07 Å². The zero-order valence-electron chi connectivity index (χ0n) is 13.6. The Bertz CT molecular complexity index is 534. The summed E-state index contributed by atoms with van der Waals surface area (Å²) in [5, 5.41) is 21.4. The number of hydrogen-bond acceptors (Lipinski definition) is 3. The Morgan fingerprint density at radius 3 is 2.59 bits per heavy atom. The van der Waals surface area contributed by atoms with Crippen LogP contribution in [-0.4, -0.2) is 41.4 Å². The van der Waals surface area contributed by atoms with Crippen molar-refractivity contribution in [3.63, 3.8) is 0 Å². The SMILES string of the molecule is CN(C)CCC12CCCCC1(O)CCc1ccc(O)cc12.Cl. The molecule has 2 unspecified atom stereocenters. The molecule has 0 saturated heterocycles. The van der Waals surface area contributed by atoms with Crippen molar-refractivity contribution in [2.75, 3.05) is 20.6 Å². The molecule has 0 aliphatic heterocycles. The van der Waals surface area contributed by atoms with Crippen molar-refractivity contribution in [2.45, 2.75) is 56.0 Å². The molecule has 1 aromatic carbocycles. The van der Waals surface area contributed by atoms with Gasteiger partial charge in [-0.15, -0.1) is 12.4 Å². The molecule has 4 heteroatoms. The minimum atomic E-state index is -0.595. The summed E-state index contributed by atoms with van der Waals surface area (Å²) in [4.78, 5) is 2.20. The lowest BCUT2D eigenvalue weighted by Crippen LogP contribution is -2.57. The number of halogens is 1. The van der Waals surface area contributed by atoms with Crippen LogP contribution in [0.3, 0.4) is 0 Å². The van der Waals surface area contributed by atoms with E-state index in [1.165, 1.54) is 17.5 Å². The molecule has 3 rings (SSSR count). The average molecular weight is 326 g/mol. The summed E-state index contributed by atoms with van der Waals surface area (Å²) in [7, 11) is 4.18. The Morgan fingerprint density at radius 1 is 1.14 bits per heavy atom. The maximum absolute atomic E-state index is 11.4. The molecule has 0 aromatic heterocycles. The van der Waals surface area contributed by atoms with E-state index < -0.39 is 5.60 Å². The lowest BCUT2D eigenvalue weighted by molar-refractivity contribution is -0.0887. The van der Waals surface area contributed by atoms with Crippen molar-refractivity contribution in [1.82, 2.24) is 4.90 Å². The van der Waals surface area contributed by atoms with Crippen LogP contribution in [0.5, 0.6) is 5.75 Å². The predicted molar refractivity (Wildman–Crippen MR) is 91.9 cm³/mol. The van der Waals surface area contributed by atoms with E-state index in [2.05, 4.69) is 25.1 Å². The van der Waals surface area contributed by atoms with Gasteiger partial charge in [-0.25, -0.2) is 0 Å². The highest BCUT2D eigenvalue weighted by atomic mass is 35.5. The van der Waals surface area contributed by atoms with Gasteiger partial charge in [0.15, 0.2) is 0 Å². The van der Waals surface area contributed by atoms with E-state index in [0.29, 0.717) is 5.75 Å². The van der Waals surface area contributed by atoms with Gasteiger partial charge in [-0.2, -0.15) is 0 Å². The van der Waals surface area contributed by atoms with Gasteiger partial charge in [0.1, 0.15) is 5.75 Å². The minimum Gasteiger partial charge on any atom is -0.508 e. The fraction of sp³-hybridized carbons (Fsp3) is 0.667. The molecule has 2 N–H and O–H groups in total. The summed E-state index contributed by atoms with van der Waals surface area (Å²) in [6, 6.07) is 5.75. The molecule has 1 fully saturated rings. The first kappa shape index (κ1) is 17.6. The van der Waals surface area contributed by atoms with Crippen molar-refractivity contribution in [1.29, 1.82) is 0 Å². The second-order valence-corrected chi connectivity index (χ2v) is 7.22. The van der Waals surface area contributed by atoms with Crippen LogP contribution in [-0.2, 0) is 11.8 Å². The van der Waals surface area contributed by atoms with Crippen LogP contribution in [0.1, 0.15) is 49.7 Å². The zero-order chi connectivity index (χ0) is 15.1. The van der Waals surface area contributed by atoms with Crippen molar-refractivity contribution < 1.29 is 10.2 Å². The summed E-state index contributed by atoms with van der Waals surface area (Å²) in [6.07, 6.45) is 6.98. The van der Waals surface area contributed by atoms with Crippen LogP contribution in [0.25, 0.3) is 0 Å². The summed E-state index contributed by atoms with van der Waals surface area (Å²) in [5.41, 5.74) is 1.75. The smallest absolute Gasteiger partial charge is 0.115 e. The molecule has 124 valence electrons. The number of nitrogens with zero attached hydrogens (tertiary/aromatic N) is 1. The van der Waals surface area contributed by atoms with Crippen molar-refractivity contribution in [3.8, 4) is 5.75 Å². The zero-order valence-corrected chi connectivity index (χ0v) is 14.5. The van der Waals surface area contributed by atoms with Gasteiger partial charge in [-0.1, -0.05) is 18.9 Å². The molecule has 2 atom stereocenters. The largest absolute Gasteiger partial charge is 0.508 e. The summed E-state index contributed by atoms with van der Waals surface area (Å²) >= 11 is 0. The second kappa shape index (κ2) is 6.38. The van der Waals surface area contributed by atoms with E-state index in [9.17, 15) is 10.2 Å². The maximum atomic E-state index is 11.4. The number of aryl methyl sites for hydroxylation is 1. The van der Waals surface area contributed by atoms with E-state index >= 15 is 0 Å². The number of aliphatic hydroxyl groups is 1. The van der Waals surface area contributed by atoms with Crippen LogP contribution in [0.4, 0.5) is 0 Å². The van der Waals surface area contributed by atoms with E-state index in [4.69, 9.17) is 0 Å². The number of rotatable bonds is 3. The molecule has 0 radical (unpaired) electrons. The number of aromatic hydroxyl groups is 1. The molecule has 0 spiro atoms. The normalized spacial score (nSPS) is 30.4. The van der Waals surface area contributed by atoms with Gasteiger partial charge < -0.3 is 15.1 Å². The number of fused-ring (bicyclic) bond motifs is 3. The number of benzene rings is 1. The van der Waals surface area contributed by atoms with Gasteiger partial charge >= 0.3 is 0 Å². The molecule has 2 aliphatic rings. The topological polar surface area (TPSA) is 43.7 Å². The second-order valence-electron chi connectivity index (χ2n) is 7.22. The molecule has 2 aliphatic carbocycles. The summed E-state index contributed by atoms with van der Waals surface area (Å²) in [5.74, 6) is 0.327. The van der Waals surface area contributed by atoms with Crippen molar-refractivity contribution in [3.05, 3.63) is 29.3 Å². The van der Waals surface area contributed by atoms with E-state index in [0.717, 1.165) is 45.1 Å². The Hall–Kier alpha value is -0.770. The third kappa shape index (κ3) is 2.75. The van der Waals surface area contributed by atoms with E-state index in [1.54, 1.807) is 6.07 Å². The highest BCUT2D eigenvalue weighted by Gasteiger charge is 2.54. The molecular weight excluding hydrogens is 298 g/mol. The van der Waals surface area contributed by atoms with Gasteiger partial charge in [0.05, 0.1) is 5.60 Å². The molecule has 0 amide bonds. The Morgan fingerprint density at radius 2 is 1.86 bits per heavy atom. The first-order valence-electron chi connectivity index (χ1n) is 8.16. The number of phenols is 1. The van der Waals surface area contributed by atoms with Gasteiger partial charge in [0.2, 0.25) is 0 Å². The van der Waals surface area contributed by atoms with Gasteiger partial charge in [-0.3, -0.25) is 0 Å². The highest BCUT2D eigenvalue weighted by molar-refractivity contribution is 5.85. The quantitative estimate of drug-likeness (QED) is 0.896. The van der Waals surface area contributed by atoms with Gasteiger partial charge in [0.25, 0.3) is 0 Å². The standard InChI is InChI=1S/C18H27NO2.ClH/c1-19(2)12-11-17-8-3-4-9-18(17,21)10-7-14-5-6-15(20)13-16(14)17;/h5-6,13,20-21H,3-4,7-12H2,1-2H3;1H. The Kier molecular flexibility index (Phi) is 5.10. The fourth-order valence-electron chi connectivity index (χ4n) is 4.54. The minimum absolute atomic E-state index is 0. The van der Waals surface area contributed by atoms with Gasteiger partial charge in [0, 0.05) is 5.41 Å². The monoisotopic (exact) mass is 325 g/mol. The third-order valence-corrected chi connectivity index (χ3v) is 5.74. The van der Waals surface area contributed by atoms with Crippen LogP contribution in [0, 0.1) is 0 Å². The van der Waals surface area contributed by atoms with Crippen LogP contribution in [0.15, 0.2) is 18.2 Å². The lowest BCUT2D eigenvalue weighted by atomic mass is 9.53. The average Bonchev–Trinajstić information content (AvgIpc) is 2.45. The summed E-state index contributed by atoms with van der Waals surface area (Å²) < 4.78 is 0. The third-order valence-electron chi connectivity index (χ3n) is 5.74. The molecule has 22 heavy (non-hydrogen) atoms. The summed E-state index contributed by atoms with van der Waals surface area (Å²) in [6.45, 7) is 0.970. The van der Waals surface area contributed by atoms with Gasteiger partial charge in [-0.05, 0) is 76.0 Å². The molecule has 3 nitrogen and oxygen atoms in total. The Labute approximate surface area is 139 Å². The Balaban J connectivity index is 0.00000176. The van der Waals surface area contributed by atoms with Crippen LogP contribution < -0.4 is 0 Å². The molecular formula is C18H28ClNO2. The van der Waals surface area contributed by atoms with E-state index in [-0.39, 0.29) is 17.8 Å². The lowest BCUT2D eigenvalue weighted by Gasteiger charge is -2.55. The first-order chi connectivity index (χ1) is 9.97. The maximum Gasteiger partial charge on any atom is 0.115 e. The van der Waals surface area contributed by atoms with Crippen molar-refractivity contribution >= 4 is 12.4 Å². The van der Waals surface area contributed by atoms with Crippen LogP contribution >= 0.6 is 12.4 Å². The number of hydrogen-bond donors (Lipinski definition) is 2. The highest BCUT2D eigenvalue weighted by Crippen LogP contribution is 2.55. The molecule has 0 bridgehead atoms. The molecule has 1 saturated carbocycles. The first-order valence-corrected chi connectivity index (χ1v) is 8.16. The predicted octanol–water partition coefficient (Wildman–Crippen LogP) is 3.25. The van der Waals surface area contributed by atoms with Crippen LogP contribution in [0.2, 0.25) is 0 Å². The molecule has 0 heterocycles. The van der Waals surface area contributed by atoms with Crippen molar-refractivity contribution in [2.24, 2.45) is 0 Å². The molecule has 1 aromatic rings. The fourth-order valence-corrected chi connectivity index (χ4v) is 4.54. The number of phenolic OH excluding ortho intramolecular Hbond substituents is 1.